The van der Waals surface area contributed by atoms with Crippen LogP contribution in [0.1, 0.15) is 303 Å². The number of unbranched alkanes of at least 4 members (excludes halogenated alkanes) is 38. The number of carbonyl (C=O) groups excluding carboxylic acids is 2. The number of rotatable bonds is 51. The molecular weight excluding hydrogens is 741 g/mol. The quantitative estimate of drug-likeness (QED) is 0.0347. The predicted octanol–water partition coefficient (Wildman–Crippen LogP) is 18.2. The third-order valence-electron chi connectivity index (χ3n) is 12.3. The van der Waals surface area contributed by atoms with E-state index >= 15 is 0 Å². The molecule has 5 heteroatoms. The van der Waals surface area contributed by atoms with Gasteiger partial charge >= 0.3 is 11.9 Å². The first-order chi connectivity index (χ1) is 29.6. The molecule has 0 aliphatic carbocycles. The van der Waals surface area contributed by atoms with Crippen LogP contribution in [0.5, 0.6) is 0 Å². The summed E-state index contributed by atoms with van der Waals surface area (Å²) in [6.45, 7) is 7.88. The number of hydrogen-bond donors (Lipinski definition) is 0. The highest BCUT2D eigenvalue weighted by molar-refractivity contribution is 5.70. The lowest BCUT2D eigenvalue weighted by Crippen LogP contribution is -2.30. The molecule has 5 nitrogen and oxygen atoms in total. The Morgan fingerprint density at radius 1 is 0.350 bits per heavy atom. The average molecular weight is 847 g/mol. The van der Waals surface area contributed by atoms with Gasteiger partial charge in [0.2, 0.25) is 0 Å². The highest BCUT2D eigenvalue weighted by atomic mass is 16.6. The molecule has 0 aromatic carbocycles. The molecule has 0 aromatic heterocycles. The molecule has 0 aliphatic rings. The smallest absolute Gasteiger partial charge is 0.306 e. The molecule has 0 N–H and O–H groups in total. The Balaban J connectivity index is 4.10. The molecule has 356 valence electrons. The zero-order valence-electron chi connectivity index (χ0n) is 41.0. The van der Waals surface area contributed by atoms with Crippen LogP contribution in [-0.2, 0) is 23.8 Å². The van der Waals surface area contributed by atoms with Gasteiger partial charge in [-0.2, -0.15) is 0 Å². The first-order valence-corrected chi connectivity index (χ1v) is 27.2. The molecule has 0 saturated carbocycles. The maximum Gasteiger partial charge on any atom is 0.306 e. The summed E-state index contributed by atoms with van der Waals surface area (Å²) >= 11 is 0. The summed E-state index contributed by atoms with van der Waals surface area (Å²) in [4.78, 5) is 25.3. The van der Waals surface area contributed by atoms with Gasteiger partial charge in [0.1, 0.15) is 6.61 Å². The lowest BCUT2D eigenvalue weighted by atomic mass is 10.0. The van der Waals surface area contributed by atoms with Crippen molar-refractivity contribution in [1.29, 1.82) is 0 Å². The second-order valence-corrected chi connectivity index (χ2v) is 18.5. The summed E-state index contributed by atoms with van der Waals surface area (Å²) in [6.07, 6.45) is 59.4. The first kappa shape index (κ1) is 58.6. The minimum Gasteiger partial charge on any atom is -0.462 e. The molecule has 0 radical (unpaired) electrons. The van der Waals surface area contributed by atoms with Crippen molar-refractivity contribution in [2.45, 2.75) is 309 Å². The predicted molar refractivity (Wildman–Crippen MR) is 261 cm³/mol. The highest BCUT2D eigenvalue weighted by Crippen LogP contribution is 2.16. The Bertz CT molecular complexity index is 871. The summed E-state index contributed by atoms with van der Waals surface area (Å²) < 4.78 is 17.4. The SMILES string of the molecule is CCCCCCCC/C=C\CCCCCCCCCCCC(=O)OCC(COCCCCCCCCCCCCCCCCCC)OC(=O)CCCCCCCCCCC. The summed E-state index contributed by atoms with van der Waals surface area (Å²) in [5.41, 5.74) is 0. The van der Waals surface area contributed by atoms with Gasteiger partial charge in [-0.1, -0.05) is 258 Å². The van der Waals surface area contributed by atoms with Crippen molar-refractivity contribution in [2.24, 2.45) is 0 Å². The third kappa shape index (κ3) is 49.3. The van der Waals surface area contributed by atoms with Gasteiger partial charge in [0.05, 0.1) is 6.61 Å². The second kappa shape index (κ2) is 52.0. The molecule has 0 bridgehead atoms. The van der Waals surface area contributed by atoms with E-state index in [9.17, 15) is 9.59 Å². The van der Waals surface area contributed by atoms with Crippen LogP contribution < -0.4 is 0 Å². The number of ether oxygens (including phenoxy) is 3. The van der Waals surface area contributed by atoms with E-state index in [4.69, 9.17) is 14.2 Å². The summed E-state index contributed by atoms with van der Waals surface area (Å²) in [5, 5.41) is 0. The van der Waals surface area contributed by atoms with Gasteiger partial charge < -0.3 is 14.2 Å². The Labute approximate surface area is 375 Å². The highest BCUT2D eigenvalue weighted by Gasteiger charge is 2.17. The first-order valence-electron chi connectivity index (χ1n) is 27.2. The van der Waals surface area contributed by atoms with E-state index < -0.39 is 6.10 Å². The summed E-state index contributed by atoms with van der Waals surface area (Å²) in [5.74, 6) is -0.380. The maximum atomic E-state index is 12.7. The molecular formula is C55H106O5. The van der Waals surface area contributed by atoms with E-state index in [2.05, 4.69) is 32.9 Å². The Hall–Kier alpha value is -1.36. The van der Waals surface area contributed by atoms with Gasteiger partial charge in [0, 0.05) is 19.4 Å². The molecule has 0 heterocycles. The van der Waals surface area contributed by atoms with Crippen molar-refractivity contribution < 1.29 is 23.8 Å². The number of hydrogen-bond acceptors (Lipinski definition) is 5. The number of esters is 2. The average Bonchev–Trinajstić information content (AvgIpc) is 3.25. The van der Waals surface area contributed by atoms with E-state index in [1.807, 2.05) is 0 Å². The Morgan fingerprint density at radius 2 is 0.650 bits per heavy atom. The van der Waals surface area contributed by atoms with Gasteiger partial charge in [0.25, 0.3) is 0 Å². The molecule has 0 spiro atoms. The van der Waals surface area contributed by atoms with Crippen LogP contribution in [-0.4, -0.2) is 37.9 Å². The van der Waals surface area contributed by atoms with Crippen molar-refractivity contribution in [3.8, 4) is 0 Å². The molecule has 0 amide bonds. The van der Waals surface area contributed by atoms with Crippen LogP contribution >= 0.6 is 0 Å². The summed E-state index contributed by atoms with van der Waals surface area (Å²) in [7, 11) is 0. The molecule has 60 heavy (non-hydrogen) atoms. The maximum absolute atomic E-state index is 12.7. The molecule has 0 rings (SSSR count). The Kier molecular flexibility index (Phi) is 50.8. The van der Waals surface area contributed by atoms with E-state index in [1.54, 1.807) is 0 Å². The normalized spacial score (nSPS) is 12.1. The van der Waals surface area contributed by atoms with Gasteiger partial charge in [-0.15, -0.1) is 0 Å². The zero-order valence-corrected chi connectivity index (χ0v) is 41.0. The van der Waals surface area contributed by atoms with Gasteiger partial charge in [0.15, 0.2) is 6.10 Å². The molecule has 1 unspecified atom stereocenters. The third-order valence-corrected chi connectivity index (χ3v) is 12.3. The van der Waals surface area contributed by atoms with E-state index in [1.165, 1.54) is 238 Å². The largest absolute Gasteiger partial charge is 0.462 e. The molecule has 0 saturated heterocycles. The van der Waals surface area contributed by atoms with Crippen molar-refractivity contribution in [3.05, 3.63) is 12.2 Å². The lowest BCUT2D eigenvalue weighted by molar-refractivity contribution is -0.163. The number of carbonyl (C=O) groups is 2. The fourth-order valence-electron chi connectivity index (χ4n) is 8.21. The van der Waals surface area contributed by atoms with Crippen LogP contribution in [0, 0.1) is 0 Å². The fraction of sp³-hybridized carbons (Fsp3) is 0.927. The monoisotopic (exact) mass is 847 g/mol. The number of allylic oxidation sites excluding steroid dienone is 2. The second-order valence-electron chi connectivity index (χ2n) is 18.5. The Morgan fingerprint density at radius 3 is 1.02 bits per heavy atom. The van der Waals surface area contributed by atoms with Gasteiger partial charge in [-0.05, 0) is 44.9 Å². The van der Waals surface area contributed by atoms with Crippen LogP contribution in [0.3, 0.4) is 0 Å². The van der Waals surface area contributed by atoms with E-state index in [0.717, 1.165) is 32.1 Å². The lowest BCUT2D eigenvalue weighted by Gasteiger charge is -2.18. The molecule has 0 aliphatic heterocycles. The van der Waals surface area contributed by atoms with E-state index in [0.29, 0.717) is 26.1 Å². The minimum atomic E-state index is -0.526. The standard InChI is InChI=1S/C55H106O5/c1-4-7-10-13-16-19-21-23-25-27-28-29-30-32-34-37-39-42-45-48-54(56)59-52-53(60-55(57)49-46-43-40-36-18-15-12-9-6-3)51-58-50-47-44-41-38-35-33-31-26-24-22-20-17-14-11-8-5-2/h23,25,53H,4-22,24,26-52H2,1-3H3/b25-23-. The summed E-state index contributed by atoms with van der Waals surface area (Å²) in [6, 6.07) is 0. The minimum absolute atomic E-state index is 0.0935. The van der Waals surface area contributed by atoms with Crippen molar-refractivity contribution in [3.63, 3.8) is 0 Å². The molecule has 1 atom stereocenters. The van der Waals surface area contributed by atoms with Crippen LogP contribution in [0.2, 0.25) is 0 Å². The zero-order chi connectivity index (χ0) is 43.5. The van der Waals surface area contributed by atoms with Crippen molar-refractivity contribution in [1.82, 2.24) is 0 Å². The van der Waals surface area contributed by atoms with Crippen molar-refractivity contribution >= 4 is 11.9 Å². The van der Waals surface area contributed by atoms with Crippen molar-refractivity contribution in [2.75, 3.05) is 19.8 Å². The molecule has 0 aromatic rings. The van der Waals surface area contributed by atoms with Gasteiger partial charge in [-0.25, -0.2) is 0 Å². The van der Waals surface area contributed by atoms with Crippen LogP contribution in [0.15, 0.2) is 12.2 Å². The molecule has 0 fully saturated rings. The topological polar surface area (TPSA) is 61.8 Å². The van der Waals surface area contributed by atoms with E-state index in [-0.39, 0.29) is 18.5 Å². The van der Waals surface area contributed by atoms with Crippen LogP contribution in [0.25, 0.3) is 0 Å². The fourth-order valence-corrected chi connectivity index (χ4v) is 8.21. The van der Waals surface area contributed by atoms with Gasteiger partial charge in [-0.3, -0.25) is 9.59 Å². The van der Waals surface area contributed by atoms with Crippen LogP contribution in [0.4, 0.5) is 0 Å².